The molecular weight excluding hydrogens is 180 g/mol. The summed E-state index contributed by atoms with van der Waals surface area (Å²) in [4.78, 5) is 1.46. The summed E-state index contributed by atoms with van der Waals surface area (Å²) in [5.41, 5.74) is 0.296. The second-order valence-corrected chi connectivity index (χ2v) is 5.12. The first kappa shape index (κ1) is 9.22. The van der Waals surface area contributed by atoms with Crippen molar-refractivity contribution < 1.29 is 5.11 Å². The number of rotatable bonds is 4. The number of aliphatic hydroxyl groups excluding tert-OH is 1. The van der Waals surface area contributed by atoms with Crippen LogP contribution in [0.5, 0.6) is 0 Å². The summed E-state index contributed by atoms with van der Waals surface area (Å²) < 4.78 is 0. The van der Waals surface area contributed by atoms with Gasteiger partial charge in [-0.1, -0.05) is 12.5 Å². The van der Waals surface area contributed by atoms with Gasteiger partial charge >= 0.3 is 0 Å². The van der Waals surface area contributed by atoms with Crippen LogP contribution in [-0.4, -0.2) is 11.7 Å². The van der Waals surface area contributed by atoms with Crippen LogP contribution in [0.1, 0.15) is 30.6 Å². The highest BCUT2D eigenvalue weighted by atomic mass is 32.1. The number of thiophene rings is 1. The molecule has 0 amide bonds. The van der Waals surface area contributed by atoms with Gasteiger partial charge in [-0.3, -0.25) is 0 Å². The van der Waals surface area contributed by atoms with Crippen LogP contribution < -0.4 is 0 Å². The fourth-order valence-corrected chi connectivity index (χ4v) is 2.72. The zero-order chi connectivity index (χ0) is 9.15. The number of aryl methyl sites for hydroxylation is 1. The summed E-state index contributed by atoms with van der Waals surface area (Å²) in [7, 11) is 0. The van der Waals surface area contributed by atoms with E-state index in [0.29, 0.717) is 12.0 Å². The van der Waals surface area contributed by atoms with E-state index in [0.717, 1.165) is 6.42 Å². The molecule has 2 heteroatoms. The van der Waals surface area contributed by atoms with Crippen LogP contribution in [-0.2, 0) is 6.42 Å². The minimum atomic E-state index is 0.296. The molecule has 0 aliphatic heterocycles. The molecule has 0 bridgehead atoms. The largest absolute Gasteiger partial charge is 0.396 e. The van der Waals surface area contributed by atoms with E-state index in [9.17, 15) is 5.11 Å². The summed E-state index contributed by atoms with van der Waals surface area (Å²) >= 11 is 1.83. The van der Waals surface area contributed by atoms with Crippen molar-refractivity contribution in [3.8, 4) is 0 Å². The van der Waals surface area contributed by atoms with Crippen LogP contribution in [0.3, 0.4) is 0 Å². The molecule has 1 aromatic rings. The smallest absolute Gasteiger partial charge is 0.0487 e. The fraction of sp³-hybridized carbons (Fsp3) is 0.636. The molecule has 0 unspecified atom stereocenters. The lowest BCUT2D eigenvalue weighted by atomic mass is 9.66. The highest BCUT2D eigenvalue weighted by Gasteiger charge is 2.35. The van der Waals surface area contributed by atoms with Crippen molar-refractivity contribution in [2.24, 2.45) is 5.41 Å². The molecule has 1 aromatic heterocycles. The van der Waals surface area contributed by atoms with Gasteiger partial charge in [-0.15, -0.1) is 11.3 Å². The van der Waals surface area contributed by atoms with E-state index in [1.165, 1.54) is 30.6 Å². The molecule has 13 heavy (non-hydrogen) atoms. The number of aliphatic hydroxyl groups is 1. The van der Waals surface area contributed by atoms with E-state index in [2.05, 4.69) is 17.5 Å². The Morgan fingerprint density at radius 2 is 2.31 bits per heavy atom. The Bertz CT molecular complexity index is 244. The molecule has 72 valence electrons. The van der Waals surface area contributed by atoms with Crippen molar-refractivity contribution in [2.75, 3.05) is 6.61 Å². The van der Waals surface area contributed by atoms with Gasteiger partial charge in [-0.2, -0.15) is 0 Å². The summed E-state index contributed by atoms with van der Waals surface area (Å²) in [6.45, 7) is 0.387. The van der Waals surface area contributed by atoms with Gasteiger partial charge in [0.15, 0.2) is 0 Å². The maximum Gasteiger partial charge on any atom is 0.0487 e. The second-order valence-electron chi connectivity index (χ2n) is 4.09. The van der Waals surface area contributed by atoms with Gasteiger partial charge in [0.1, 0.15) is 0 Å². The van der Waals surface area contributed by atoms with E-state index in [1.54, 1.807) is 0 Å². The van der Waals surface area contributed by atoms with Crippen molar-refractivity contribution >= 4 is 11.3 Å². The van der Waals surface area contributed by atoms with Gasteiger partial charge in [0, 0.05) is 11.5 Å². The van der Waals surface area contributed by atoms with Crippen LogP contribution >= 0.6 is 11.3 Å². The molecule has 1 saturated carbocycles. The van der Waals surface area contributed by atoms with Crippen molar-refractivity contribution in [3.05, 3.63) is 22.4 Å². The Morgan fingerprint density at radius 1 is 1.46 bits per heavy atom. The quantitative estimate of drug-likeness (QED) is 0.785. The zero-order valence-corrected chi connectivity index (χ0v) is 8.65. The highest BCUT2D eigenvalue weighted by molar-refractivity contribution is 7.09. The Hall–Kier alpha value is -0.340. The third-order valence-electron chi connectivity index (χ3n) is 3.23. The van der Waals surface area contributed by atoms with Gasteiger partial charge in [0.25, 0.3) is 0 Å². The number of hydrogen-bond acceptors (Lipinski definition) is 2. The Labute approximate surface area is 83.4 Å². The summed E-state index contributed by atoms with van der Waals surface area (Å²) in [6, 6.07) is 4.29. The summed E-state index contributed by atoms with van der Waals surface area (Å²) in [6.07, 6.45) is 6.09. The van der Waals surface area contributed by atoms with Crippen LogP contribution in [0.15, 0.2) is 17.5 Å². The van der Waals surface area contributed by atoms with Gasteiger partial charge in [-0.25, -0.2) is 0 Å². The van der Waals surface area contributed by atoms with Gasteiger partial charge < -0.3 is 5.11 Å². The predicted molar refractivity (Wildman–Crippen MR) is 56.0 cm³/mol. The Kier molecular flexibility index (Phi) is 2.70. The van der Waals surface area contributed by atoms with Crippen LogP contribution in [0.25, 0.3) is 0 Å². The lowest BCUT2D eigenvalue weighted by molar-refractivity contribution is 0.0367. The fourth-order valence-electron chi connectivity index (χ4n) is 2.01. The lowest BCUT2D eigenvalue weighted by Crippen LogP contribution is -2.33. The molecule has 1 aliphatic rings. The zero-order valence-electron chi connectivity index (χ0n) is 7.83. The van der Waals surface area contributed by atoms with E-state index in [4.69, 9.17) is 0 Å². The third-order valence-corrected chi connectivity index (χ3v) is 4.17. The first-order valence-corrected chi connectivity index (χ1v) is 5.86. The number of hydrogen-bond donors (Lipinski definition) is 1. The van der Waals surface area contributed by atoms with E-state index >= 15 is 0 Å². The topological polar surface area (TPSA) is 20.2 Å². The minimum absolute atomic E-state index is 0.296. The molecule has 0 saturated heterocycles. The molecule has 0 aromatic carbocycles. The third kappa shape index (κ3) is 1.94. The second kappa shape index (κ2) is 3.81. The van der Waals surface area contributed by atoms with Crippen LogP contribution in [0.2, 0.25) is 0 Å². The van der Waals surface area contributed by atoms with E-state index in [-0.39, 0.29) is 0 Å². The normalized spacial score (nSPS) is 19.8. The maximum absolute atomic E-state index is 9.27. The molecule has 0 radical (unpaired) electrons. The van der Waals surface area contributed by atoms with Crippen molar-refractivity contribution in [3.63, 3.8) is 0 Å². The van der Waals surface area contributed by atoms with Gasteiger partial charge in [0.2, 0.25) is 0 Å². The molecule has 0 atom stereocenters. The Balaban J connectivity index is 1.84. The molecule has 1 N–H and O–H groups in total. The van der Waals surface area contributed by atoms with Crippen molar-refractivity contribution in [2.45, 2.75) is 32.1 Å². The van der Waals surface area contributed by atoms with E-state index in [1.807, 2.05) is 11.3 Å². The van der Waals surface area contributed by atoms with E-state index < -0.39 is 0 Å². The van der Waals surface area contributed by atoms with Gasteiger partial charge in [-0.05, 0) is 42.5 Å². The molecule has 1 nitrogen and oxygen atoms in total. The molecule has 1 aliphatic carbocycles. The lowest BCUT2D eigenvalue weighted by Gasteiger charge is -2.40. The molecule has 0 spiro atoms. The average molecular weight is 196 g/mol. The average Bonchev–Trinajstić information content (AvgIpc) is 2.56. The molecule has 1 heterocycles. The molecule has 2 rings (SSSR count). The summed E-state index contributed by atoms with van der Waals surface area (Å²) in [5.74, 6) is 0. The van der Waals surface area contributed by atoms with Crippen molar-refractivity contribution in [1.82, 2.24) is 0 Å². The predicted octanol–water partition coefficient (Wildman–Crippen LogP) is 2.84. The minimum Gasteiger partial charge on any atom is -0.396 e. The SMILES string of the molecule is OCC1(CCc2cccs2)CCC1. The van der Waals surface area contributed by atoms with Gasteiger partial charge in [0.05, 0.1) is 0 Å². The van der Waals surface area contributed by atoms with Crippen molar-refractivity contribution in [1.29, 1.82) is 0 Å². The van der Waals surface area contributed by atoms with Crippen LogP contribution in [0.4, 0.5) is 0 Å². The molecular formula is C11H16OS. The Morgan fingerprint density at radius 3 is 2.77 bits per heavy atom. The maximum atomic E-state index is 9.27. The monoisotopic (exact) mass is 196 g/mol. The first-order chi connectivity index (χ1) is 6.35. The summed E-state index contributed by atoms with van der Waals surface area (Å²) in [5, 5.41) is 11.4. The molecule has 1 fully saturated rings. The van der Waals surface area contributed by atoms with Crippen LogP contribution in [0, 0.1) is 5.41 Å². The highest BCUT2D eigenvalue weighted by Crippen LogP contribution is 2.44. The standard InChI is InChI=1S/C11H16OS/c12-9-11(5-2-6-11)7-4-10-3-1-8-13-10/h1,3,8,12H,2,4-7,9H2. The first-order valence-electron chi connectivity index (χ1n) is 4.98.